The van der Waals surface area contributed by atoms with E-state index in [0.29, 0.717) is 0 Å². The van der Waals surface area contributed by atoms with Crippen LogP contribution in [0.2, 0.25) is 0 Å². The number of fused-ring (bicyclic) bond motifs is 3. The maximum atomic E-state index is 11.1. The van der Waals surface area contributed by atoms with E-state index >= 15 is 0 Å². The van der Waals surface area contributed by atoms with Gasteiger partial charge in [0.15, 0.2) is 0 Å². The highest BCUT2D eigenvalue weighted by Gasteiger charge is 2.25. The van der Waals surface area contributed by atoms with Crippen LogP contribution >= 0.6 is 0 Å². The number of hydrogen-bond acceptors (Lipinski definition) is 2. The largest absolute Gasteiger partial charge is 0.387 e. The molecule has 0 spiro atoms. The molecule has 0 amide bonds. The first-order chi connectivity index (χ1) is 11.2. The van der Waals surface area contributed by atoms with Gasteiger partial charge >= 0.3 is 0 Å². The zero-order valence-electron chi connectivity index (χ0n) is 14.7. The summed E-state index contributed by atoms with van der Waals surface area (Å²) >= 11 is 0. The molecule has 0 saturated carbocycles. The molecule has 2 nitrogen and oxygen atoms in total. The molecule has 2 aromatic rings. The zero-order chi connectivity index (χ0) is 16.4. The Kier molecular flexibility index (Phi) is 5.03. The van der Waals surface area contributed by atoms with Gasteiger partial charge in [0.05, 0.1) is 6.10 Å². The van der Waals surface area contributed by atoms with Crippen molar-refractivity contribution >= 4 is 10.8 Å². The van der Waals surface area contributed by atoms with E-state index in [2.05, 4.69) is 56.0 Å². The van der Waals surface area contributed by atoms with Gasteiger partial charge in [-0.1, -0.05) is 44.2 Å². The lowest BCUT2D eigenvalue weighted by atomic mass is 9.83. The average Bonchev–Trinajstić information content (AvgIpc) is 2.61. The van der Waals surface area contributed by atoms with Crippen LogP contribution in [0, 0.1) is 0 Å². The molecule has 3 rings (SSSR count). The summed E-state index contributed by atoms with van der Waals surface area (Å²) in [6.07, 6.45) is 4.45. The molecule has 0 unspecified atom stereocenters. The second-order valence-electron chi connectivity index (χ2n) is 6.76. The highest BCUT2D eigenvalue weighted by molar-refractivity contribution is 5.90. The van der Waals surface area contributed by atoms with Crippen LogP contribution in [-0.4, -0.2) is 29.1 Å². The predicted molar refractivity (Wildman–Crippen MR) is 97.9 cm³/mol. The second kappa shape index (κ2) is 7.02. The van der Waals surface area contributed by atoms with E-state index in [9.17, 15) is 5.11 Å². The van der Waals surface area contributed by atoms with Crippen molar-refractivity contribution < 1.29 is 5.11 Å². The third-order valence-electron chi connectivity index (χ3n) is 5.57. The van der Waals surface area contributed by atoms with Gasteiger partial charge in [-0.2, -0.15) is 0 Å². The molecule has 2 atom stereocenters. The van der Waals surface area contributed by atoms with E-state index in [1.165, 1.54) is 41.2 Å². The Labute approximate surface area is 140 Å². The molecular formula is C21H29NO. The maximum absolute atomic E-state index is 11.1. The number of benzene rings is 2. The summed E-state index contributed by atoms with van der Waals surface area (Å²) in [6.45, 7) is 8.41. The van der Waals surface area contributed by atoms with Gasteiger partial charge in [0.2, 0.25) is 0 Å². The molecule has 0 aliphatic heterocycles. The first kappa shape index (κ1) is 16.5. The van der Waals surface area contributed by atoms with Crippen LogP contribution in [0.1, 0.15) is 56.4 Å². The molecule has 2 heteroatoms. The molecule has 2 aromatic carbocycles. The predicted octanol–water partition coefficient (Wildman–Crippen LogP) is 4.48. The number of aliphatic hydroxyl groups is 1. The van der Waals surface area contributed by atoms with Gasteiger partial charge in [0.25, 0.3) is 0 Å². The molecule has 23 heavy (non-hydrogen) atoms. The Morgan fingerprint density at radius 1 is 1.04 bits per heavy atom. The van der Waals surface area contributed by atoms with Crippen LogP contribution < -0.4 is 0 Å². The van der Waals surface area contributed by atoms with Crippen molar-refractivity contribution in [2.75, 3.05) is 13.1 Å². The Morgan fingerprint density at radius 2 is 1.70 bits per heavy atom. The molecule has 1 aliphatic carbocycles. The lowest BCUT2D eigenvalue weighted by Crippen LogP contribution is -2.37. The van der Waals surface area contributed by atoms with Gasteiger partial charge in [-0.25, -0.2) is 0 Å². The molecule has 0 aromatic heterocycles. The lowest BCUT2D eigenvalue weighted by Gasteiger charge is -2.32. The third kappa shape index (κ3) is 3.02. The fourth-order valence-electron chi connectivity index (χ4n) is 4.16. The fraction of sp³-hybridized carbons (Fsp3) is 0.524. The van der Waals surface area contributed by atoms with Crippen LogP contribution in [0.4, 0.5) is 0 Å². The van der Waals surface area contributed by atoms with Gasteiger partial charge in [0, 0.05) is 6.04 Å². The normalized spacial score (nSPS) is 17.3. The van der Waals surface area contributed by atoms with Crippen molar-refractivity contribution in [1.29, 1.82) is 0 Å². The van der Waals surface area contributed by atoms with Crippen molar-refractivity contribution in [1.82, 2.24) is 4.90 Å². The zero-order valence-corrected chi connectivity index (χ0v) is 14.7. The smallest absolute Gasteiger partial charge is 0.0948 e. The average molecular weight is 311 g/mol. The van der Waals surface area contributed by atoms with Gasteiger partial charge in [-0.05, 0) is 73.2 Å². The van der Waals surface area contributed by atoms with Crippen LogP contribution in [0.25, 0.3) is 10.8 Å². The maximum Gasteiger partial charge on any atom is 0.0948 e. The molecule has 0 saturated heterocycles. The number of hydrogen-bond donors (Lipinski definition) is 1. The second-order valence-corrected chi connectivity index (χ2v) is 6.76. The van der Waals surface area contributed by atoms with E-state index in [1.807, 2.05) is 0 Å². The number of aryl methyl sites for hydroxylation is 2. The van der Waals surface area contributed by atoms with E-state index in [4.69, 9.17) is 0 Å². The lowest BCUT2D eigenvalue weighted by molar-refractivity contribution is 0.0647. The highest BCUT2D eigenvalue weighted by Crippen LogP contribution is 2.35. The topological polar surface area (TPSA) is 23.5 Å². The number of aliphatic hydroxyl groups excluding tert-OH is 1. The summed E-state index contributed by atoms with van der Waals surface area (Å²) in [5, 5.41) is 13.7. The third-order valence-corrected chi connectivity index (χ3v) is 5.57. The van der Waals surface area contributed by atoms with Crippen molar-refractivity contribution in [2.45, 2.75) is 58.6 Å². The van der Waals surface area contributed by atoms with Crippen molar-refractivity contribution in [3.8, 4) is 0 Å². The fourth-order valence-corrected chi connectivity index (χ4v) is 4.16. The molecule has 0 bridgehead atoms. The number of likely N-dealkylation sites (N-methyl/N-ethyl adjacent to an activating group) is 1. The van der Waals surface area contributed by atoms with Crippen molar-refractivity contribution in [3.63, 3.8) is 0 Å². The quantitative estimate of drug-likeness (QED) is 0.880. The van der Waals surface area contributed by atoms with Crippen LogP contribution in [0.3, 0.4) is 0 Å². The van der Waals surface area contributed by atoms with Gasteiger partial charge in [-0.3, -0.25) is 4.90 Å². The molecule has 124 valence electrons. The summed E-state index contributed by atoms with van der Waals surface area (Å²) in [7, 11) is 0. The Morgan fingerprint density at radius 3 is 2.39 bits per heavy atom. The first-order valence-corrected chi connectivity index (χ1v) is 9.12. The van der Waals surface area contributed by atoms with Crippen LogP contribution in [0.15, 0.2) is 30.3 Å². The van der Waals surface area contributed by atoms with Gasteiger partial charge in [0.1, 0.15) is 0 Å². The molecule has 0 heterocycles. The molecular weight excluding hydrogens is 282 g/mol. The van der Waals surface area contributed by atoms with E-state index in [-0.39, 0.29) is 6.04 Å². The monoisotopic (exact) mass is 311 g/mol. The standard InChI is InChI=1S/C21H29NO/c1-4-22(5-2)15(3)21(23)20-14-16-10-6-7-11-17(16)18-12-8-9-13-19(18)20/h8-9,12-15,21,23H,4-7,10-11H2,1-3H3/t15-,21+/m0/s1. The molecule has 1 aliphatic rings. The SMILES string of the molecule is CCN(CC)[C@@H](C)[C@@H](O)c1cc2c(c3ccccc13)CCCC2. The first-order valence-electron chi connectivity index (χ1n) is 9.12. The highest BCUT2D eigenvalue weighted by atomic mass is 16.3. The summed E-state index contributed by atoms with van der Waals surface area (Å²) in [6, 6.07) is 11.1. The Bertz CT molecular complexity index is 675. The molecule has 0 radical (unpaired) electrons. The molecule has 0 fully saturated rings. The van der Waals surface area contributed by atoms with Crippen molar-refractivity contribution in [2.24, 2.45) is 0 Å². The van der Waals surface area contributed by atoms with Crippen molar-refractivity contribution in [3.05, 3.63) is 47.0 Å². The molecule has 1 N–H and O–H groups in total. The van der Waals surface area contributed by atoms with Gasteiger partial charge < -0.3 is 5.11 Å². The minimum absolute atomic E-state index is 0.134. The minimum atomic E-state index is -0.438. The van der Waals surface area contributed by atoms with E-state index in [0.717, 1.165) is 25.1 Å². The van der Waals surface area contributed by atoms with E-state index in [1.54, 1.807) is 0 Å². The summed E-state index contributed by atoms with van der Waals surface area (Å²) in [4.78, 5) is 2.33. The summed E-state index contributed by atoms with van der Waals surface area (Å²) in [5.74, 6) is 0. The van der Waals surface area contributed by atoms with Gasteiger partial charge in [-0.15, -0.1) is 0 Å². The summed E-state index contributed by atoms with van der Waals surface area (Å²) < 4.78 is 0. The van der Waals surface area contributed by atoms with E-state index < -0.39 is 6.10 Å². The summed E-state index contributed by atoms with van der Waals surface area (Å²) in [5.41, 5.74) is 4.08. The van der Waals surface area contributed by atoms with Crippen LogP contribution in [-0.2, 0) is 12.8 Å². The number of nitrogens with zero attached hydrogens (tertiary/aromatic N) is 1. The minimum Gasteiger partial charge on any atom is -0.387 e. The van der Waals surface area contributed by atoms with Crippen LogP contribution in [0.5, 0.6) is 0 Å². The Balaban J connectivity index is 2.10. The Hall–Kier alpha value is -1.38. The number of rotatable bonds is 5.